The number of carbonyl (C=O) groups excluding carboxylic acids is 3. The smallest absolute Gasteiger partial charge is 0.223 e. The summed E-state index contributed by atoms with van der Waals surface area (Å²) in [7, 11) is 0. The monoisotopic (exact) mass is 316 g/mol. The van der Waals surface area contributed by atoms with E-state index in [1.54, 1.807) is 9.80 Å². The molecule has 1 aliphatic heterocycles. The zero-order valence-corrected chi connectivity index (χ0v) is 13.6. The van der Waals surface area contributed by atoms with Crippen molar-refractivity contribution in [2.24, 2.45) is 0 Å². The van der Waals surface area contributed by atoms with Crippen LogP contribution < -0.4 is 0 Å². The third-order valence-corrected chi connectivity index (χ3v) is 4.28. The molecule has 2 amide bonds. The van der Waals surface area contributed by atoms with Gasteiger partial charge in [-0.15, -0.1) is 0 Å². The summed E-state index contributed by atoms with van der Waals surface area (Å²) in [6.45, 7) is 3.73. The summed E-state index contributed by atoms with van der Waals surface area (Å²) in [5.74, 6) is -0.115. The van der Waals surface area contributed by atoms with Crippen LogP contribution in [-0.2, 0) is 20.9 Å². The Morgan fingerprint density at radius 3 is 2.65 bits per heavy atom. The Labute approximate surface area is 137 Å². The molecule has 1 heterocycles. The fraction of sp³-hybridized carbons (Fsp3) is 0.500. The highest BCUT2D eigenvalue weighted by molar-refractivity contribution is 5.85. The van der Waals surface area contributed by atoms with Crippen LogP contribution >= 0.6 is 0 Å². The predicted molar refractivity (Wildman–Crippen MR) is 87.6 cm³/mol. The predicted octanol–water partition coefficient (Wildman–Crippen LogP) is 2.01. The molecule has 1 aliphatic rings. The molecule has 0 aliphatic carbocycles. The largest absolute Gasteiger partial charge is 0.339 e. The van der Waals surface area contributed by atoms with E-state index in [1.807, 2.05) is 37.3 Å². The number of hydrogen-bond acceptors (Lipinski definition) is 3. The van der Waals surface area contributed by atoms with Crippen molar-refractivity contribution in [3.05, 3.63) is 35.9 Å². The Hall–Kier alpha value is -2.17. The first-order chi connectivity index (χ1) is 11.2. The Morgan fingerprint density at radius 1 is 1.26 bits per heavy atom. The maximum atomic E-state index is 12.3. The molecule has 0 aromatic heterocycles. The summed E-state index contributed by atoms with van der Waals surface area (Å²) in [6.07, 6.45) is 2.80. The third kappa shape index (κ3) is 4.65. The number of aldehydes is 1. The van der Waals surface area contributed by atoms with Gasteiger partial charge in [0.15, 0.2) is 0 Å². The standard InChI is InChI=1S/C18H24N2O3/c1-2-19(13-15-7-4-3-5-8-15)17(22)10-11-18(23)20-12-6-9-16(20)14-21/h3-5,7-8,14,16H,2,6,9-13H2,1H3/t16-/m0/s1. The first-order valence-electron chi connectivity index (χ1n) is 8.22. The van der Waals surface area contributed by atoms with E-state index in [9.17, 15) is 14.4 Å². The van der Waals surface area contributed by atoms with Crippen molar-refractivity contribution in [2.45, 2.75) is 45.2 Å². The van der Waals surface area contributed by atoms with Gasteiger partial charge < -0.3 is 14.6 Å². The minimum absolute atomic E-state index is 0.0217. The van der Waals surface area contributed by atoms with E-state index in [0.29, 0.717) is 19.6 Å². The number of hydrogen-bond donors (Lipinski definition) is 0. The van der Waals surface area contributed by atoms with Crippen molar-refractivity contribution in [2.75, 3.05) is 13.1 Å². The molecular formula is C18H24N2O3. The molecule has 23 heavy (non-hydrogen) atoms. The molecule has 1 aromatic carbocycles. The number of amides is 2. The molecule has 0 bridgehead atoms. The first kappa shape index (κ1) is 17.2. The lowest BCUT2D eigenvalue weighted by molar-refractivity contribution is -0.138. The van der Waals surface area contributed by atoms with Gasteiger partial charge in [-0.2, -0.15) is 0 Å². The first-order valence-corrected chi connectivity index (χ1v) is 8.22. The van der Waals surface area contributed by atoms with Gasteiger partial charge >= 0.3 is 0 Å². The van der Waals surface area contributed by atoms with Gasteiger partial charge in [0.25, 0.3) is 0 Å². The van der Waals surface area contributed by atoms with Gasteiger partial charge in [-0.3, -0.25) is 9.59 Å². The Balaban J connectivity index is 1.85. The molecule has 2 rings (SSSR count). The van der Waals surface area contributed by atoms with Crippen LogP contribution in [0.1, 0.15) is 38.2 Å². The normalized spacial score (nSPS) is 17.1. The van der Waals surface area contributed by atoms with Crippen LogP contribution in [0.4, 0.5) is 0 Å². The molecule has 0 unspecified atom stereocenters. The van der Waals surface area contributed by atoms with Gasteiger partial charge in [0.2, 0.25) is 11.8 Å². The average Bonchev–Trinajstić information content (AvgIpc) is 3.07. The molecule has 1 fully saturated rings. The van der Waals surface area contributed by atoms with Gasteiger partial charge in [-0.1, -0.05) is 30.3 Å². The Bertz CT molecular complexity index is 544. The van der Waals surface area contributed by atoms with Crippen molar-refractivity contribution in [3.63, 3.8) is 0 Å². The number of likely N-dealkylation sites (tertiary alicyclic amines) is 1. The van der Waals surface area contributed by atoms with Crippen molar-refractivity contribution in [3.8, 4) is 0 Å². The highest BCUT2D eigenvalue weighted by Crippen LogP contribution is 2.17. The lowest BCUT2D eigenvalue weighted by Crippen LogP contribution is -2.37. The van der Waals surface area contributed by atoms with Crippen LogP contribution in [0.2, 0.25) is 0 Å². The summed E-state index contributed by atoms with van der Waals surface area (Å²) in [6, 6.07) is 9.51. The van der Waals surface area contributed by atoms with Crippen molar-refractivity contribution in [1.29, 1.82) is 0 Å². The number of carbonyl (C=O) groups is 3. The minimum atomic E-state index is -0.302. The lowest BCUT2D eigenvalue weighted by atomic mass is 10.2. The fourth-order valence-electron chi connectivity index (χ4n) is 2.94. The summed E-state index contributed by atoms with van der Waals surface area (Å²) in [5, 5.41) is 0. The van der Waals surface area contributed by atoms with Crippen LogP contribution in [0, 0.1) is 0 Å². The van der Waals surface area contributed by atoms with Gasteiger partial charge in [0.05, 0.1) is 6.04 Å². The van der Waals surface area contributed by atoms with Crippen LogP contribution in [0.3, 0.4) is 0 Å². The van der Waals surface area contributed by atoms with Gasteiger partial charge in [-0.05, 0) is 25.3 Å². The minimum Gasteiger partial charge on any atom is -0.339 e. The highest BCUT2D eigenvalue weighted by atomic mass is 16.2. The molecule has 0 saturated carbocycles. The summed E-state index contributed by atoms with van der Waals surface area (Å²) in [5.41, 5.74) is 1.08. The van der Waals surface area contributed by atoms with E-state index in [2.05, 4.69) is 0 Å². The topological polar surface area (TPSA) is 57.7 Å². The van der Waals surface area contributed by atoms with E-state index in [1.165, 1.54) is 0 Å². The van der Waals surface area contributed by atoms with E-state index in [0.717, 1.165) is 24.7 Å². The molecular weight excluding hydrogens is 292 g/mol. The SMILES string of the molecule is CCN(Cc1ccccc1)C(=O)CCC(=O)N1CCC[C@H]1C=O. The molecule has 124 valence electrons. The average molecular weight is 316 g/mol. The van der Waals surface area contributed by atoms with Crippen LogP contribution in [-0.4, -0.2) is 47.0 Å². The highest BCUT2D eigenvalue weighted by Gasteiger charge is 2.28. The van der Waals surface area contributed by atoms with Gasteiger partial charge in [-0.25, -0.2) is 0 Å². The zero-order valence-electron chi connectivity index (χ0n) is 13.6. The van der Waals surface area contributed by atoms with E-state index in [-0.39, 0.29) is 30.7 Å². The molecule has 5 heteroatoms. The fourth-order valence-corrected chi connectivity index (χ4v) is 2.94. The number of nitrogens with zero attached hydrogens (tertiary/aromatic N) is 2. The van der Waals surface area contributed by atoms with Crippen LogP contribution in [0.25, 0.3) is 0 Å². The molecule has 0 spiro atoms. The second kappa shape index (κ2) is 8.46. The lowest BCUT2D eigenvalue weighted by Gasteiger charge is -2.23. The molecule has 0 N–H and O–H groups in total. The summed E-state index contributed by atoms with van der Waals surface area (Å²) >= 11 is 0. The van der Waals surface area contributed by atoms with Crippen LogP contribution in [0.5, 0.6) is 0 Å². The van der Waals surface area contributed by atoms with Gasteiger partial charge in [0, 0.05) is 32.5 Å². The van der Waals surface area contributed by atoms with E-state index >= 15 is 0 Å². The van der Waals surface area contributed by atoms with E-state index < -0.39 is 0 Å². The molecule has 1 aromatic rings. The maximum absolute atomic E-state index is 12.3. The quantitative estimate of drug-likeness (QED) is 0.723. The zero-order chi connectivity index (χ0) is 16.7. The molecule has 0 radical (unpaired) electrons. The van der Waals surface area contributed by atoms with Crippen molar-refractivity contribution >= 4 is 18.1 Å². The Kier molecular flexibility index (Phi) is 6.32. The molecule has 1 atom stereocenters. The molecule has 1 saturated heterocycles. The van der Waals surface area contributed by atoms with Gasteiger partial charge in [0.1, 0.15) is 6.29 Å². The van der Waals surface area contributed by atoms with Crippen molar-refractivity contribution in [1.82, 2.24) is 9.80 Å². The summed E-state index contributed by atoms with van der Waals surface area (Å²) < 4.78 is 0. The maximum Gasteiger partial charge on any atom is 0.223 e. The second-order valence-electron chi connectivity index (χ2n) is 5.83. The Morgan fingerprint density at radius 2 is 2.00 bits per heavy atom. The second-order valence-corrected chi connectivity index (χ2v) is 5.83. The number of benzene rings is 1. The summed E-state index contributed by atoms with van der Waals surface area (Å²) in [4.78, 5) is 38.8. The molecule has 5 nitrogen and oxygen atoms in total. The number of rotatable bonds is 7. The van der Waals surface area contributed by atoms with Crippen molar-refractivity contribution < 1.29 is 14.4 Å². The van der Waals surface area contributed by atoms with E-state index in [4.69, 9.17) is 0 Å². The third-order valence-electron chi connectivity index (χ3n) is 4.28. The van der Waals surface area contributed by atoms with Crippen LogP contribution in [0.15, 0.2) is 30.3 Å².